The van der Waals surface area contributed by atoms with Crippen molar-refractivity contribution in [3.8, 4) is 0 Å². The Morgan fingerprint density at radius 2 is 1.94 bits per heavy atom. The Kier molecular flexibility index (Phi) is 7.18. The minimum Gasteiger partial charge on any atom is -0.462 e. The number of hydrogen-bond acceptors (Lipinski definition) is 7. The predicted molar refractivity (Wildman–Crippen MR) is 122 cm³/mol. The van der Waals surface area contributed by atoms with Crippen molar-refractivity contribution in [3.63, 3.8) is 0 Å². The van der Waals surface area contributed by atoms with Crippen molar-refractivity contribution in [2.45, 2.75) is 51.6 Å². The van der Waals surface area contributed by atoms with Crippen molar-refractivity contribution < 1.29 is 22.7 Å². The number of sulfone groups is 1. The third-order valence-corrected chi connectivity index (χ3v) is 8.29. The summed E-state index contributed by atoms with van der Waals surface area (Å²) in [6.07, 6.45) is 0.689. The molecule has 31 heavy (non-hydrogen) atoms. The zero-order valence-corrected chi connectivity index (χ0v) is 19.9. The zero-order chi connectivity index (χ0) is 22.8. The molecule has 0 fully saturated rings. The van der Waals surface area contributed by atoms with Crippen LogP contribution >= 0.6 is 11.3 Å². The monoisotopic (exact) mass is 464 g/mol. The van der Waals surface area contributed by atoms with Crippen LogP contribution in [0.5, 0.6) is 0 Å². The number of anilines is 1. The molecule has 1 aromatic heterocycles. The second-order valence-corrected chi connectivity index (χ2v) is 10.9. The van der Waals surface area contributed by atoms with E-state index in [-0.39, 0.29) is 22.8 Å². The molecule has 1 N–H and O–H groups in total. The molecule has 1 aliphatic rings. The van der Waals surface area contributed by atoms with E-state index in [1.807, 2.05) is 0 Å². The first-order chi connectivity index (χ1) is 14.7. The standard InChI is InChI=1S/C22H28N2O5S2/c1-5-29-22(26)19-15-11-12-24(14(3)4)13-17(15)30-21(19)23-20(25)16-9-7-8-10-18(16)31(27,28)6-2/h7-10,14H,5-6,11-13H2,1-4H3,(H,23,25). The van der Waals surface area contributed by atoms with Gasteiger partial charge in [0.05, 0.1) is 28.4 Å². The third kappa shape index (κ3) is 4.83. The summed E-state index contributed by atoms with van der Waals surface area (Å²) in [6, 6.07) is 6.49. The lowest BCUT2D eigenvalue weighted by atomic mass is 10.0. The maximum absolute atomic E-state index is 13.1. The summed E-state index contributed by atoms with van der Waals surface area (Å²) in [5.74, 6) is -1.13. The van der Waals surface area contributed by atoms with Gasteiger partial charge in [-0.3, -0.25) is 9.69 Å². The van der Waals surface area contributed by atoms with Crippen molar-refractivity contribution in [3.05, 3.63) is 45.8 Å². The van der Waals surface area contributed by atoms with Gasteiger partial charge >= 0.3 is 5.97 Å². The first-order valence-corrected chi connectivity index (χ1v) is 12.8. The van der Waals surface area contributed by atoms with Crippen LogP contribution < -0.4 is 5.32 Å². The van der Waals surface area contributed by atoms with Crippen molar-refractivity contribution in [2.24, 2.45) is 0 Å². The van der Waals surface area contributed by atoms with Crippen LogP contribution in [0.1, 0.15) is 58.9 Å². The van der Waals surface area contributed by atoms with Crippen LogP contribution in [0.3, 0.4) is 0 Å². The van der Waals surface area contributed by atoms with Crippen LogP contribution in [0.4, 0.5) is 5.00 Å². The molecule has 1 amide bonds. The molecule has 0 unspecified atom stereocenters. The largest absolute Gasteiger partial charge is 0.462 e. The lowest BCUT2D eigenvalue weighted by Gasteiger charge is -2.30. The summed E-state index contributed by atoms with van der Waals surface area (Å²) in [5.41, 5.74) is 1.36. The molecule has 2 heterocycles. The molecular formula is C22H28N2O5S2. The average Bonchev–Trinajstić information content (AvgIpc) is 3.10. The van der Waals surface area contributed by atoms with Crippen LogP contribution in [0.2, 0.25) is 0 Å². The quantitative estimate of drug-likeness (QED) is 0.628. The normalized spacial score (nSPS) is 14.4. The van der Waals surface area contributed by atoms with E-state index in [1.165, 1.54) is 30.4 Å². The summed E-state index contributed by atoms with van der Waals surface area (Å²) >= 11 is 1.36. The Morgan fingerprint density at radius 3 is 2.58 bits per heavy atom. The number of benzene rings is 1. The van der Waals surface area contributed by atoms with Gasteiger partial charge in [0.1, 0.15) is 5.00 Å². The molecule has 0 bridgehead atoms. The predicted octanol–water partition coefficient (Wildman–Crippen LogP) is 3.74. The highest BCUT2D eigenvalue weighted by Gasteiger charge is 2.31. The van der Waals surface area contributed by atoms with Crippen LogP contribution in [0, 0.1) is 0 Å². The minimum atomic E-state index is -3.58. The summed E-state index contributed by atoms with van der Waals surface area (Å²) in [6.45, 7) is 9.27. The van der Waals surface area contributed by atoms with Crippen LogP contribution in [-0.2, 0) is 27.5 Å². The summed E-state index contributed by atoms with van der Waals surface area (Å²) < 4.78 is 30.1. The number of esters is 1. The molecule has 0 saturated heterocycles. The Bertz CT molecular complexity index is 1090. The summed E-state index contributed by atoms with van der Waals surface area (Å²) in [5, 5.41) is 3.21. The second kappa shape index (κ2) is 9.50. The van der Waals surface area contributed by atoms with Crippen molar-refractivity contribution >= 4 is 38.1 Å². The number of hydrogen-bond donors (Lipinski definition) is 1. The van der Waals surface area contributed by atoms with Gasteiger partial charge in [-0.2, -0.15) is 0 Å². The Labute approximate surface area is 187 Å². The summed E-state index contributed by atoms with van der Waals surface area (Å²) in [4.78, 5) is 29.1. The fourth-order valence-corrected chi connectivity index (χ4v) is 5.97. The fourth-order valence-electron chi connectivity index (χ4n) is 3.62. The molecule has 7 nitrogen and oxygen atoms in total. The number of nitrogens with one attached hydrogen (secondary N) is 1. The molecule has 0 radical (unpaired) electrons. The molecule has 0 saturated carbocycles. The topological polar surface area (TPSA) is 92.8 Å². The molecule has 0 aliphatic carbocycles. The van der Waals surface area contributed by atoms with Crippen molar-refractivity contribution in [1.82, 2.24) is 4.90 Å². The van der Waals surface area contributed by atoms with E-state index >= 15 is 0 Å². The van der Waals surface area contributed by atoms with Gasteiger partial charge in [0.15, 0.2) is 9.84 Å². The number of thiophene rings is 1. The van der Waals surface area contributed by atoms with Gasteiger partial charge in [-0.05, 0) is 44.9 Å². The maximum atomic E-state index is 13.1. The number of carbonyl (C=O) groups is 2. The molecule has 1 aliphatic heterocycles. The van der Waals surface area contributed by atoms with E-state index in [1.54, 1.807) is 19.1 Å². The van der Waals surface area contributed by atoms with E-state index in [0.29, 0.717) is 29.6 Å². The van der Waals surface area contributed by atoms with Crippen molar-refractivity contribution in [1.29, 1.82) is 0 Å². The lowest BCUT2D eigenvalue weighted by molar-refractivity contribution is 0.0526. The third-order valence-electron chi connectivity index (χ3n) is 5.37. The molecule has 168 valence electrons. The highest BCUT2D eigenvalue weighted by Crippen LogP contribution is 2.38. The summed E-state index contributed by atoms with van der Waals surface area (Å²) in [7, 11) is -3.58. The highest BCUT2D eigenvalue weighted by atomic mass is 32.2. The SMILES string of the molecule is CCOC(=O)c1c(NC(=O)c2ccccc2S(=O)(=O)CC)sc2c1CCN(C(C)C)C2. The molecule has 3 rings (SSSR count). The van der Waals surface area contributed by atoms with E-state index in [4.69, 9.17) is 4.74 Å². The van der Waals surface area contributed by atoms with Gasteiger partial charge < -0.3 is 10.1 Å². The fraction of sp³-hybridized carbons (Fsp3) is 0.455. The Hall–Kier alpha value is -2.23. The van der Waals surface area contributed by atoms with Crippen LogP contribution in [0.25, 0.3) is 0 Å². The molecule has 0 atom stereocenters. The number of amides is 1. The molecule has 1 aromatic carbocycles. The van der Waals surface area contributed by atoms with E-state index < -0.39 is 21.7 Å². The van der Waals surface area contributed by atoms with Gasteiger partial charge in [0, 0.05) is 24.0 Å². The zero-order valence-electron chi connectivity index (χ0n) is 18.2. The van der Waals surface area contributed by atoms with Gasteiger partial charge in [0.25, 0.3) is 5.91 Å². The average molecular weight is 465 g/mol. The van der Waals surface area contributed by atoms with Gasteiger partial charge in [-0.25, -0.2) is 13.2 Å². The lowest BCUT2D eigenvalue weighted by Crippen LogP contribution is -2.35. The molecule has 2 aromatic rings. The Morgan fingerprint density at radius 1 is 1.23 bits per heavy atom. The first kappa shape index (κ1) is 23.4. The number of nitrogens with zero attached hydrogens (tertiary/aromatic N) is 1. The second-order valence-electron chi connectivity index (χ2n) is 7.60. The highest BCUT2D eigenvalue weighted by molar-refractivity contribution is 7.91. The molecule has 9 heteroatoms. The van der Waals surface area contributed by atoms with E-state index in [2.05, 4.69) is 24.1 Å². The number of rotatable bonds is 7. The molecular weight excluding hydrogens is 436 g/mol. The smallest absolute Gasteiger partial charge is 0.341 e. The van der Waals surface area contributed by atoms with Crippen LogP contribution in [0.15, 0.2) is 29.2 Å². The van der Waals surface area contributed by atoms with Crippen LogP contribution in [-0.4, -0.2) is 50.1 Å². The van der Waals surface area contributed by atoms with Gasteiger partial charge in [-0.15, -0.1) is 11.3 Å². The van der Waals surface area contributed by atoms with Crippen molar-refractivity contribution in [2.75, 3.05) is 24.2 Å². The minimum absolute atomic E-state index is 0.0139. The number of ether oxygens (including phenoxy) is 1. The van der Waals surface area contributed by atoms with Gasteiger partial charge in [-0.1, -0.05) is 19.1 Å². The van der Waals surface area contributed by atoms with Gasteiger partial charge in [0.2, 0.25) is 0 Å². The van der Waals surface area contributed by atoms with E-state index in [9.17, 15) is 18.0 Å². The number of carbonyl (C=O) groups excluding carboxylic acids is 2. The Balaban J connectivity index is 2.01. The van der Waals surface area contributed by atoms with E-state index in [0.717, 1.165) is 17.0 Å². The molecule has 0 spiro atoms. The number of fused-ring (bicyclic) bond motifs is 1. The maximum Gasteiger partial charge on any atom is 0.341 e. The first-order valence-electron chi connectivity index (χ1n) is 10.4.